The van der Waals surface area contributed by atoms with Crippen LogP contribution in [0.25, 0.3) is 0 Å². The molecule has 96 valence electrons. The second-order valence-corrected chi connectivity index (χ2v) is 4.42. The third kappa shape index (κ3) is 5.86. The number of guanidine groups is 1. The number of rotatable bonds is 5. The highest BCUT2D eigenvalue weighted by molar-refractivity contribution is 14.0. The van der Waals surface area contributed by atoms with Crippen LogP contribution in [0.2, 0.25) is 0 Å². The molecule has 0 saturated carbocycles. The minimum Gasteiger partial charge on any atom is -0.394 e. The summed E-state index contributed by atoms with van der Waals surface area (Å²) in [5.41, 5.74) is -0.293. The summed E-state index contributed by atoms with van der Waals surface area (Å²) in [6.07, 6.45) is 0. The van der Waals surface area contributed by atoms with Crippen LogP contribution in [0.15, 0.2) is 4.99 Å². The third-order valence-electron chi connectivity index (χ3n) is 2.17. The average Bonchev–Trinajstić information content (AvgIpc) is 2.59. The molecule has 1 unspecified atom stereocenters. The molecule has 1 aliphatic rings. The maximum atomic E-state index is 8.66. The second kappa shape index (κ2) is 7.29. The van der Waals surface area contributed by atoms with Gasteiger partial charge in [-0.25, -0.2) is 0 Å². The van der Waals surface area contributed by atoms with Crippen molar-refractivity contribution in [3.8, 4) is 0 Å². The van der Waals surface area contributed by atoms with Crippen molar-refractivity contribution in [1.82, 2.24) is 10.6 Å². The van der Waals surface area contributed by atoms with Gasteiger partial charge in [0, 0.05) is 12.6 Å². The van der Waals surface area contributed by atoms with Crippen molar-refractivity contribution in [1.29, 1.82) is 0 Å². The lowest BCUT2D eigenvalue weighted by Crippen LogP contribution is -2.45. The largest absolute Gasteiger partial charge is 0.394 e. The fourth-order valence-electron chi connectivity index (χ4n) is 1.33. The molecule has 1 atom stereocenters. The van der Waals surface area contributed by atoms with Crippen molar-refractivity contribution < 1.29 is 9.84 Å². The molecule has 6 heteroatoms. The van der Waals surface area contributed by atoms with E-state index in [1.807, 2.05) is 13.8 Å². The number of halogens is 1. The van der Waals surface area contributed by atoms with Crippen molar-refractivity contribution in [2.24, 2.45) is 4.99 Å². The number of nitrogens with zero attached hydrogens (tertiary/aromatic N) is 1. The van der Waals surface area contributed by atoms with E-state index in [1.54, 1.807) is 0 Å². The van der Waals surface area contributed by atoms with E-state index in [1.165, 1.54) is 0 Å². The number of aliphatic hydroxyl groups is 1. The highest BCUT2D eigenvalue weighted by atomic mass is 127. The van der Waals surface area contributed by atoms with Gasteiger partial charge in [0.2, 0.25) is 0 Å². The Bertz CT molecular complexity index is 234. The molecule has 0 aromatic rings. The van der Waals surface area contributed by atoms with Gasteiger partial charge in [0.15, 0.2) is 5.96 Å². The van der Waals surface area contributed by atoms with Crippen LogP contribution in [-0.2, 0) is 4.74 Å². The smallest absolute Gasteiger partial charge is 0.191 e. The molecule has 1 heterocycles. The summed E-state index contributed by atoms with van der Waals surface area (Å²) >= 11 is 0. The SMILES string of the molecule is CC1CN=C(NCC(C)(C)OCCO)N1.I. The quantitative estimate of drug-likeness (QED) is 0.630. The molecule has 0 saturated heterocycles. The van der Waals surface area contributed by atoms with Gasteiger partial charge in [-0.2, -0.15) is 0 Å². The molecule has 0 fully saturated rings. The number of aliphatic hydroxyl groups excluding tert-OH is 1. The summed E-state index contributed by atoms with van der Waals surface area (Å²) in [5.74, 6) is 0.836. The lowest BCUT2D eigenvalue weighted by Gasteiger charge is -2.25. The Labute approximate surface area is 114 Å². The normalized spacial score (nSPS) is 19.8. The molecular weight excluding hydrogens is 321 g/mol. The number of hydrogen-bond donors (Lipinski definition) is 3. The van der Waals surface area contributed by atoms with Gasteiger partial charge in [0.25, 0.3) is 0 Å². The van der Waals surface area contributed by atoms with Crippen molar-refractivity contribution in [3.05, 3.63) is 0 Å². The third-order valence-corrected chi connectivity index (χ3v) is 2.17. The minimum absolute atomic E-state index is 0. The zero-order valence-corrected chi connectivity index (χ0v) is 12.4. The van der Waals surface area contributed by atoms with Crippen LogP contribution >= 0.6 is 24.0 Å². The first-order valence-electron chi connectivity index (χ1n) is 5.33. The molecule has 0 amide bonds. The fraction of sp³-hybridized carbons (Fsp3) is 0.900. The number of aliphatic imine (C=N–C) groups is 1. The molecule has 0 radical (unpaired) electrons. The predicted octanol–water partition coefficient (Wildman–Crippen LogP) is 0.329. The summed E-state index contributed by atoms with van der Waals surface area (Å²) in [6, 6.07) is 0.411. The van der Waals surface area contributed by atoms with Crippen LogP contribution in [0.3, 0.4) is 0 Å². The summed E-state index contributed by atoms with van der Waals surface area (Å²) in [7, 11) is 0. The van der Waals surface area contributed by atoms with Gasteiger partial charge in [-0.05, 0) is 20.8 Å². The van der Waals surface area contributed by atoms with Crippen LogP contribution in [0, 0.1) is 0 Å². The molecule has 1 rings (SSSR count). The van der Waals surface area contributed by atoms with Crippen LogP contribution in [-0.4, -0.2) is 49.0 Å². The molecular formula is C10H22IN3O2. The maximum absolute atomic E-state index is 8.66. The maximum Gasteiger partial charge on any atom is 0.191 e. The van der Waals surface area contributed by atoms with Crippen LogP contribution in [0.1, 0.15) is 20.8 Å². The van der Waals surface area contributed by atoms with Crippen LogP contribution in [0.5, 0.6) is 0 Å². The monoisotopic (exact) mass is 343 g/mol. The van der Waals surface area contributed by atoms with E-state index in [4.69, 9.17) is 9.84 Å². The number of ether oxygens (including phenoxy) is 1. The zero-order valence-electron chi connectivity index (χ0n) is 10.1. The van der Waals surface area contributed by atoms with Crippen molar-refractivity contribution in [2.45, 2.75) is 32.4 Å². The fourth-order valence-corrected chi connectivity index (χ4v) is 1.33. The number of nitrogens with one attached hydrogen (secondary N) is 2. The molecule has 0 aromatic carbocycles. The Hall–Kier alpha value is -0.0800. The van der Waals surface area contributed by atoms with Crippen molar-refractivity contribution >= 4 is 29.9 Å². The lowest BCUT2D eigenvalue weighted by atomic mass is 10.1. The zero-order chi connectivity index (χ0) is 11.3. The van der Waals surface area contributed by atoms with Crippen LogP contribution in [0.4, 0.5) is 0 Å². The average molecular weight is 343 g/mol. The first kappa shape index (κ1) is 15.9. The van der Waals surface area contributed by atoms with Gasteiger partial charge in [-0.1, -0.05) is 0 Å². The van der Waals surface area contributed by atoms with Crippen LogP contribution < -0.4 is 10.6 Å². The second-order valence-electron chi connectivity index (χ2n) is 4.42. The van der Waals surface area contributed by atoms with E-state index >= 15 is 0 Å². The van der Waals surface area contributed by atoms with Gasteiger partial charge >= 0.3 is 0 Å². The standard InChI is InChI=1S/C10H21N3O2.HI/c1-8-6-11-9(13-8)12-7-10(2,3)15-5-4-14;/h8,14H,4-7H2,1-3H3,(H2,11,12,13);1H. The molecule has 16 heavy (non-hydrogen) atoms. The Morgan fingerprint density at radius 3 is 2.81 bits per heavy atom. The lowest BCUT2D eigenvalue weighted by molar-refractivity contribution is -0.0291. The Morgan fingerprint density at radius 2 is 2.31 bits per heavy atom. The van der Waals surface area contributed by atoms with E-state index in [0.717, 1.165) is 12.5 Å². The van der Waals surface area contributed by atoms with E-state index < -0.39 is 0 Å². The van der Waals surface area contributed by atoms with Gasteiger partial charge < -0.3 is 20.5 Å². The summed E-state index contributed by atoms with van der Waals surface area (Å²) < 4.78 is 5.47. The Morgan fingerprint density at radius 1 is 1.62 bits per heavy atom. The first-order valence-corrected chi connectivity index (χ1v) is 5.33. The van der Waals surface area contributed by atoms with Gasteiger partial charge in [0.05, 0.1) is 25.4 Å². The molecule has 3 N–H and O–H groups in total. The van der Waals surface area contributed by atoms with E-state index in [-0.39, 0.29) is 36.2 Å². The predicted molar refractivity (Wildman–Crippen MR) is 75.4 cm³/mol. The minimum atomic E-state index is -0.293. The molecule has 0 bridgehead atoms. The summed E-state index contributed by atoms with van der Waals surface area (Å²) in [5, 5.41) is 15.1. The van der Waals surface area contributed by atoms with Crippen molar-refractivity contribution in [2.75, 3.05) is 26.3 Å². The Balaban J connectivity index is 0.00000225. The highest BCUT2D eigenvalue weighted by Gasteiger charge is 2.20. The van der Waals surface area contributed by atoms with E-state index in [9.17, 15) is 0 Å². The van der Waals surface area contributed by atoms with Gasteiger partial charge in [-0.15, -0.1) is 24.0 Å². The molecule has 1 aliphatic heterocycles. The summed E-state index contributed by atoms with van der Waals surface area (Å²) in [4.78, 5) is 4.29. The molecule has 0 aliphatic carbocycles. The Kier molecular flexibility index (Phi) is 7.25. The van der Waals surface area contributed by atoms with Gasteiger partial charge in [0.1, 0.15) is 0 Å². The first-order chi connectivity index (χ1) is 7.03. The molecule has 0 aromatic heterocycles. The summed E-state index contributed by atoms with van der Waals surface area (Å²) in [6.45, 7) is 7.96. The van der Waals surface area contributed by atoms with Gasteiger partial charge in [-0.3, -0.25) is 4.99 Å². The van der Waals surface area contributed by atoms with E-state index in [0.29, 0.717) is 19.2 Å². The highest BCUT2D eigenvalue weighted by Crippen LogP contribution is 2.07. The van der Waals surface area contributed by atoms with E-state index in [2.05, 4.69) is 22.5 Å². The number of hydrogen-bond acceptors (Lipinski definition) is 5. The molecule has 5 nitrogen and oxygen atoms in total. The van der Waals surface area contributed by atoms with Crippen molar-refractivity contribution in [3.63, 3.8) is 0 Å². The molecule has 0 spiro atoms. The topological polar surface area (TPSA) is 65.9 Å².